The third kappa shape index (κ3) is 3.87. The predicted octanol–water partition coefficient (Wildman–Crippen LogP) is 3.36. The van der Waals surface area contributed by atoms with Crippen LogP contribution in [0, 0.1) is 0 Å². The minimum atomic E-state index is -0.268. The van der Waals surface area contributed by atoms with Crippen molar-refractivity contribution < 1.29 is 4.79 Å². The Balaban J connectivity index is 2.02. The van der Waals surface area contributed by atoms with Gasteiger partial charge in [0.1, 0.15) is 5.82 Å². The number of amides is 1. The first-order chi connectivity index (χ1) is 10.5. The number of nitrogens with zero attached hydrogens (tertiary/aromatic N) is 2. The van der Waals surface area contributed by atoms with Gasteiger partial charge >= 0.3 is 0 Å². The summed E-state index contributed by atoms with van der Waals surface area (Å²) in [6.07, 6.45) is 0. The molecule has 7 heteroatoms. The van der Waals surface area contributed by atoms with Crippen molar-refractivity contribution in [1.29, 1.82) is 0 Å². The molecule has 0 radical (unpaired) electrons. The van der Waals surface area contributed by atoms with Crippen LogP contribution in [-0.4, -0.2) is 29.7 Å². The maximum Gasteiger partial charge on any atom is 0.271 e. The highest BCUT2D eigenvalue weighted by Gasteiger charge is 2.14. The van der Waals surface area contributed by atoms with Gasteiger partial charge in [-0.3, -0.25) is 4.79 Å². The van der Waals surface area contributed by atoms with Gasteiger partial charge in [0.05, 0.1) is 0 Å². The third-order valence-corrected chi connectivity index (χ3v) is 3.87. The summed E-state index contributed by atoms with van der Waals surface area (Å²) >= 11 is 12.4. The van der Waals surface area contributed by atoms with Crippen LogP contribution in [0.2, 0.25) is 10.0 Å². The molecule has 2 aromatic rings. The lowest BCUT2D eigenvalue weighted by atomic mass is 10.0. The quantitative estimate of drug-likeness (QED) is 0.877. The zero-order valence-corrected chi connectivity index (χ0v) is 13.7. The fraction of sp³-hybridized carbons (Fsp3) is 0.267. The smallest absolute Gasteiger partial charge is 0.271 e. The van der Waals surface area contributed by atoms with Crippen LogP contribution >= 0.6 is 23.2 Å². The molecular formula is C15H16Cl2N4O. The van der Waals surface area contributed by atoms with Crippen molar-refractivity contribution in [2.75, 3.05) is 18.9 Å². The van der Waals surface area contributed by atoms with Crippen LogP contribution in [0.4, 0.5) is 5.82 Å². The Morgan fingerprint density at radius 1 is 1.18 bits per heavy atom. The van der Waals surface area contributed by atoms with Crippen molar-refractivity contribution >= 4 is 34.9 Å². The van der Waals surface area contributed by atoms with E-state index in [1.807, 2.05) is 25.1 Å². The lowest BCUT2D eigenvalue weighted by Crippen LogP contribution is -2.20. The molecule has 2 N–H and O–H groups in total. The third-order valence-electron chi connectivity index (χ3n) is 3.21. The van der Waals surface area contributed by atoms with Crippen LogP contribution in [0.3, 0.4) is 0 Å². The Morgan fingerprint density at radius 2 is 1.86 bits per heavy atom. The summed E-state index contributed by atoms with van der Waals surface area (Å²) in [5, 5.41) is 14.8. The normalized spacial score (nSPS) is 11.8. The molecule has 5 nitrogen and oxygen atoms in total. The van der Waals surface area contributed by atoms with E-state index in [2.05, 4.69) is 20.8 Å². The number of halogens is 2. The van der Waals surface area contributed by atoms with E-state index in [0.717, 1.165) is 5.56 Å². The highest BCUT2D eigenvalue weighted by atomic mass is 35.5. The Bertz CT molecular complexity index is 641. The molecular weight excluding hydrogens is 323 g/mol. The molecule has 0 fully saturated rings. The number of nitrogens with one attached hydrogen (secondary N) is 2. The van der Waals surface area contributed by atoms with E-state index >= 15 is 0 Å². The number of carbonyl (C=O) groups is 1. The largest absolute Gasteiger partial charge is 0.368 e. The maximum absolute atomic E-state index is 11.4. The van der Waals surface area contributed by atoms with Crippen molar-refractivity contribution in [1.82, 2.24) is 15.5 Å². The monoisotopic (exact) mass is 338 g/mol. The molecule has 1 atom stereocenters. The lowest BCUT2D eigenvalue weighted by molar-refractivity contribution is 0.0957. The van der Waals surface area contributed by atoms with Crippen LogP contribution in [-0.2, 0) is 0 Å². The van der Waals surface area contributed by atoms with Gasteiger partial charge in [-0.2, -0.15) is 0 Å². The van der Waals surface area contributed by atoms with Gasteiger partial charge in [-0.15, -0.1) is 10.2 Å². The zero-order chi connectivity index (χ0) is 16.1. The van der Waals surface area contributed by atoms with E-state index in [9.17, 15) is 4.79 Å². The molecule has 1 aromatic heterocycles. The number of benzene rings is 1. The van der Waals surface area contributed by atoms with E-state index in [1.54, 1.807) is 19.2 Å². The van der Waals surface area contributed by atoms with Crippen molar-refractivity contribution in [2.24, 2.45) is 0 Å². The number of hydrogen-bond donors (Lipinski definition) is 2. The fourth-order valence-corrected chi connectivity index (χ4v) is 2.79. The second-order valence-corrected chi connectivity index (χ2v) is 5.61. The van der Waals surface area contributed by atoms with Gasteiger partial charge in [-0.25, -0.2) is 0 Å². The molecule has 116 valence electrons. The van der Waals surface area contributed by atoms with E-state index in [-0.39, 0.29) is 17.5 Å². The highest BCUT2D eigenvalue weighted by Crippen LogP contribution is 2.31. The molecule has 0 aliphatic carbocycles. The average Bonchev–Trinajstić information content (AvgIpc) is 2.52. The summed E-state index contributed by atoms with van der Waals surface area (Å²) in [5.74, 6) is 0.416. The lowest BCUT2D eigenvalue weighted by Gasteiger charge is -2.16. The summed E-state index contributed by atoms with van der Waals surface area (Å²) in [5.41, 5.74) is 1.17. The summed E-state index contributed by atoms with van der Waals surface area (Å²) in [4.78, 5) is 11.4. The molecule has 0 bridgehead atoms. The Hall–Kier alpha value is -1.85. The molecule has 0 aliphatic rings. The second-order valence-electron chi connectivity index (χ2n) is 4.80. The van der Waals surface area contributed by atoms with Crippen LogP contribution in [0.5, 0.6) is 0 Å². The number of anilines is 1. The van der Waals surface area contributed by atoms with E-state index < -0.39 is 0 Å². The summed E-state index contributed by atoms with van der Waals surface area (Å²) in [6, 6.07) is 8.77. The molecule has 0 saturated carbocycles. The molecule has 1 heterocycles. The second kappa shape index (κ2) is 7.42. The van der Waals surface area contributed by atoms with Gasteiger partial charge in [0.2, 0.25) is 0 Å². The first-order valence-corrected chi connectivity index (χ1v) is 7.52. The summed E-state index contributed by atoms with van der Waals surface area (Å²) in [6.45, 7) is 2.61. The van der Waals surface area contributed by atoms with Crippen LogP contribution in [0.25, 0.3) is 0 Å². The number of carbonyl (C=O) groups excluding carboxylic acids is 1. The molecule has 22 heavy (non-hydrogen) atoms. The first kappa shape index (κ1) is 16.5. The molecule has 1 unspecified atom stereocenters. The van der Waals surface area contributed by atoms with Gasteiger partial charge in [-0.1, -0.05) is 36.2 Å². The first-order valence-electron chi connectivity index (χ1n) is 6.76. The van der Waals surface area contributed by atoms with Crippen molar-refractivity contribution in [2.45, 2.75) is 12.8 Å². The Kier molecular flexibility index (Phi) is 5.57. The Labute approximate surface area is 139 Å². The summed E-state index contributed by atoms with van der Waals surface area (Å²) < 4.78 is 0. The zero-order valence-electron chi connectivity index (χ0n) is 12.2. The van der Waals surface area contributed by atoms with Gasteiger partial charge in [0.15, 0.2) is 5.69 Å². The predicted molar refractivity (Wildman–Crippen MR) is 88.8 cm³/mol. The molecule has 0 saturated heterocycles. The van der Waals surface area contributed by atoms with Crippen LogP contribution < -0.4 is 10.6 Å². The van der Waals surface area contributed by atoms with Crippen LogP contribution in [0.1, 0.15) is 28.9 Å². The number of rotatable bonds is 5. The number of aromatic nitrogens is 2. The van der Waals surface area contributed by atoms with Crippen molar-refractivity contribution in [3.63, 3.8) is 0 Å². The van der Waals surface area contributed by atoms with E-state index in [0.29, 0.717) is 22.4 Å². The summed E-state index contributed by atoms with van der Waals surface area (Å²) in [7, 11) is 1.55. The van der Waals surface area contributed by atoms with Crippen molar-refractivity contribution in [3.8, 4) is 0 Å². The minimum Gasteiger partial charge on any atom is -0.368 e. The topological polar surface area (TPSA) is 66.9 Å². The van der Waals surface area contributed by atoms with Gasteiger partial charge in [-0.05, 0) is 29.8 Å². The SMILES string of the molecule is CNC(=O)c1ccc(NCC(C)c2c(Cl)cccc2Cl)nn1. The van der Waals surface area contributed by atoms with E-state index in [1.165, 1.54) is 0 Å². The Morgan fingerprint density at radius 3 is 2.41 bits per heavy atom. The molecule has 2 rings (SSSR count). The van der Waals surface area contributed by atoms with Gasteiger partial charge in [0, 0.05) is 29.6 Å². The number of hydrogen-bond acceptors (Lipinski definition) is 4. The van der Waals surface area contributed by atoms with Gasteiger partial charge < -0.3 is 10.6 Å². The van der Waals surface area contributed by atoms with Gasteiger partial charge in [0.25, 0.3) is 5.91 Å². The van der Waals surface area contributed by atoms with E-state index in [4.69, 9.17) is 23.2 Å². The fourth-order valence-electron chi connectivity index (χ4n) is 2.02. The van der Waals surface area contributed by atoms with Crippen molar-refractivity contribution in [3.05, 3.63) is 51.6 Å². The average molecular weight is 339 g/mol. The molecule has 0 spiro atoms. The molecule has 0 aliphatic heterocycles. The standard InChI is InChI=1S/C15H16Cl2N4O/c1-9(14-10(16)4-3-5-11(14)17)8-19-13-7-6-12(20-21-13)15(22)18-2/h3-7,9H,8H2,1-2H3,(H,18,22)(H,19,21). The highest BCUT2D eigenvalue weighted by molar-refractivity contribution is 6.36. The maximum atomic E-state index is 11.4. The minimum absolute atomic E-state index is 0.0987. The van der Waals surface area contributed by atoms with Crippen LogP contribution in [0.15, 0.2) is 30.3 Å². The molecule has 1 amide bonds. The molecule has 1 aromatic carbocycles.